The SMILES string of the molecule is NS(=O)(=O)c1c(S(=O)(=O)NC2CCNC2)ccc(N2CCCC(=NO)C2=O)c1-c1nn[nH]n1. The fourth-order valence-electron chi connectivity index (χ4n) is 3.89. The average Bonchev–Trinajstić information content (AvgIpc) is 3.46. The maximum atomic E-state index is 13.2. The molecule has 0 spiro atoms. The molecule has 3 heterocycles. The molecule has 17 heteroatoms. The van der Waals surface area contributed by atoms with Crippen LogP contribution in [-0.4, -0.2) is 80.0 Å². The smallest absolute Gasteiger partial charge is 0.276 e. The molecule has 2 aliphatic heterocycles. The number of amides is 1. The molecule has 1 atom stereocenters. The van der Waals surface area contributed by atoms with E-state index in [1.54, 1.807) is 0 Å². The van der Waals surface area contributed by atoms with Gasteiger partial charge in [-0.05, 0) is 36.7 Å². The molecule has 15 nitrogen and oxygen atoms in total. The number of nitrogens with one attached hydrogen (secondary N) is 3. The first-order valence-electron chi connectivity index (χ1n) is 9.83. The molecule has 6 N–H and O–H groups in total. The molecule has 33 heavy (non-hydrogen) atoms. The van der Waals surface area contributed by atoms with Gasteiger partial charge in [0, 0.05) is 25.6 Å². The molecular weight excluding hydrogens is 478 g/mol. The van der Waals surface area contributed by atoms with Crippen molar-refractivity contribution in [2.45, 2.75) is 35.1 Å². The van der Waals surface area contributed by atoms with Gasteiger partial charge in [0.2, 0.25) is 25.9 Å². The number of aromatic nitrogens is 4. The lowest BCUT2D eigenvalue weighted by molar-refractivity contribution is -0.113. The van der Waals surface area contributed by atoms with Crippen LogP contribution in [0.2, 0.25) is 0 Å². The summed E-state index contributed by atoms with van der Waals surface area (Å²) in [5.74, 6) is -0.964. The first-order valence-corrected chi connectivity index (χ1v) is 12.9. The number of carbonyl (C=O) groups excluding carboxylic acids is 1. The largest absolute Gasteiger partial charge is 0.410 e. The summed E-state index contributed by atoms with van der Waals surface area (Å²) in [6.07, 6.45) is 1.15. The standard InChI is InChI=1S/C16H21N9O6S2/c17-32(28,29)14-12(33(30,31)22-9-5-6-18-8-9)4-3-11(13(14)15-19-23-24-20-15)25-7-1-2-10(21-27)16(25)26/h3-4,9,18,22,27H,1-2,5-8H2,(H2,17,28,29)(H,19,20,23,24). The topological polar surface area (TPSA) is 226 Å². The normalized spacial score (nSPS) is 21.1. The summed E-state index contributed by atoms with van der Waals surface area (Å²) in [5, 5.41) is 33.8. The van der Waals surface area contributed by atoms with Crippen molar-refractivity contribution in [2.24, 2.45) is 10.3 Å². The number of hydrogen-bond donors (Lipinski definition) is 5. The lowest BCUT2D eigenvalue weighted by Gasteiger charge is -2.29. The predicted molar refractivity (Wildman–Crippen MR) is 113 cm³/mol. The highest BCUT2D eigenvalue weighted by molar-refractivity contribution is 7.92. The van der Waals surface area contributed by atoms with Crippen LogP contribution >= 0.6 is 0 Å². The number of carbonyl (C=O) groups is 1. The second kappa shape index (κ2) is 8.75. The predicted octanol–water partition coefficient (Wildman–Crippen LogP) is -1.89. The highest BCUT2D eigenvalue weighted by Gasteiger charge is 2.37. The van der Waals surface area contributed by atoms with E-state index in [1.165, 1.54) is 6.07 Å². The maximum Gasteiger partial charge on any atom is 0.276 e. The van der Waals surface area contributed by atoms with Gasteiger partial charge in [-0.1, -0.05) is 5.16 Å². The van der Waals surface area contributed by atoms with Gasteiger partial charge < -0.3 is 15.4 Å². The molecule has 1 unspecified atom stereocenters. The highest BCUT2D eigenvalue weighted by atomic mass is 32.2. The summed E-state index contributed by atoms with van der Waals surface area (Å²) in [6, 6.07) is 1.88. The Morgan fingerprint density at radius 3 is 2.67 bits per heavy atom. The number of oxime groups is 1. The number of benzene rings is 1. The summed E-state index contributed by atoms with van der Waals surface area (Å²) in [6.45, 7) is 1.13. The van der Waals surface area contributed by atoms with Crippen LogP contribution in [0.1, 0.15) is 19.3 Å². The lowest BCUT2D eigenvalue weighted by Crippen LogP contribution is -2.42. The molecule has 0 radical (unpaired) electrons. The number of piperidine rings is 1. The molecular formula is C16H21N9O6S2. The number of aromatic amines is 1. The number of nitrogens with two attached hydrogens (primary N) is 1. The molecule has 178 valence electrons. The Morgan fingerprint density at radius 2 is 2.06 bits per heavy atom. The van der Waals surface area contributed by atoms with Gasteiger partial charge in [-0.2, -0.15) is 5.21 Å². The molecule has 1 aromatic heterocycles. The Labute approximate surface area is 188 Å². The molecule has 0 bridgehead atoms. The second-order valence-corrected chi connectivity index (χ2v) is 10.7. The minimum atomic E-state index is -4.68. The van der Waals surface area contributed by atoms with E-state index in [0.717, 1.165) is 11.0 Å². The van der Waals surface area contributed by atoms with E-state index >= 15 is 0 Å². The number of rotatable bonds is 6. The zero-order valence-corrected chi connectivity index (χ0v) is 18.7. The molecule has 1 aromatic carbocycles. The fourth-order valence-corrected chi connectivity index (χ4v) is 6.75. The molecule has 4 rings (SSSR count). The van der Waals surface area contributed by atoms with E-state index in [9.17, 15) is 21.6 Å². The van der Waals surface area contributed by atoms with Gasteiger partial charge >= 0.3 is 0 Å². The van der Waals surface area contributed by atoms with Gasteiger partial charge in [-0.25, -0.2) is 26.7 Å². The van der Waals surface area contributed by atoms with Crippen LogP contribution in [0.5, 0.6) is 0 Å². The summed E-state index contributed by atoms with van der Waals surface area (Å²) in [4.78, 5) is 12.6. The second-order valence-electron chi connectivity index (χ2n) is 7.49. The first kappa shape index (κ1) is 23.2. The molecule has 2 aromatic rings. The van der Waals surface area contributed by atoms with Crippen molar-refractivity contribution in [1.82, 2.24) is 30.7 Å². The van der Waals surface area contributed by atoms with Crippen molar-refractivity contribution < 1.29 is 26.8 Å². The summed E-state index contributed by atoms with van der Waals surface area (Å²) >= 11 is 0. The molecule has 2 aliphatic rings. The maximum absolute atomic E-state index is 13.2. The Bertz CT molecular complexity index is 1300. The van der Waals surface area contributed by atoms with Gasteiger partial charge in [0.05, 0.1) is 11.3 Å². The monoisotopic (exact) mass is 499 g/mol. The summed E-state index contributed by atoms with van der Waals surface area (Å²) < 4.78 is 54.2. The van der Waals surface area contributed by atoms with Crippen molar-refractivity contribution in [3.8, 4) is 11.4 Å². The van der Waals surface area contributed by atoms with Crippen LogP contribution in [0.15, 0.2) is 27.1 Å². The van der Waals surface area contributed by atoms with E-state index in [0.29, 0.717) is 25.9 Å². The van der Waals surface area contributed by atoms with Gasteiger partial charge in [-0.15, -0.1) is 10.2 Å². The molecule has 0 aliphatic carbocycles. The van der Waals surface area contributed by atoms with E-state index in [1.807, 2.05) is 0 Å². The van der Waals surface area contributed by atoms with Crippen molar-refractivity contribution in [2.75, 3.05) is 24.5 Å². The van der Waals surface area contributed by atoms with Crippen molar-refractivity contribution in [3.05, 3.63) is 12.1 Å². The number of primary sulfonamides is 1. The quantitative estimate of drug-likeness (QED) is 0.219. The third-order valence-corrected chi connectivity index (χ3v) is 8.01. The minimum absolute atomic E-state index is 0.0206. The Morgan fingerprint density at radius 1 is 1.27 bits per heavy atom. The molecule has 0 saturated carbocycles. The summed E-state index contributed by atoms with van der Waals surface area (Å²) in [5.41, 5.74) is -0.469. The first-order chi connectivity index (χ1) is 15.6. The summed E-state index contributed by atoms with van der Waals surface area (Å²) in [7, 11) is -9.03. The van der Waals surface area contributed by atoms with Gasteiger partial charge in [-0.3, -0.25) is 4.79 Å². The van der Waals surface area contributed by atoms with Crippen molar-refractivity contribution in [3.63, 3.8) is 0 Å². The van der Waals surface area contributed by atoms with Crippen LogP contribution in [0.25, 0.3) is 11.4 Å². The number of tetrazole rings is 1. The Balaban J connectivity index is 1.96. The average molecular weight is 500 g/mol. The Kier molecular flexibility index (Phi) is 6.14. The van der Waals surface area contributed by atoms with E-state index in [2.05, 4.69) is 35.8 Å². The van der Waals surface area contributed by atoms with E-state index in [4.69, 9.17) is 10.3 Å². The number of H-pyrrole nitrogens is 1. The number of nitrogens with zero attached hydrogens (tertiary/aromatic N) is 5. The van der Waals surface area contributed by atoms with Crippen LogP contribution in [0, 0.1) is 0 Å². The van der Waals surface area contributed by atoms with Crippen molar-refractivity contribution >= 4 is 37.4 Å². The van der Waals surface area contributed by atoms with Gasteiger partial charge in [0.25, 0.3) is 5.91 Å². The minimum Gasteiger partial charge on any atom is -0.410 e. The van der Waals surface area contributed by atoms with Crippen LogP contribution in [-0.2, 0) is 24.8 Å². The lowest BCUT2D eigenvalue weighted by atomic mass is 10.0. The van der Waals surface area contributed by atoms with E-state index < -0.39 is 41.8 Å². The zero-order chi connectivity index (χ0) is 23.8. The van der Waals surface area contributed by atoms with E-state index in [-0.39, 0.29) is 35.8 Å². The number of anilines is 1. The molecule has 2 saturated heterocycles. The van der Waals surface area contributed by atoms with Crippen LogP contribution in [0.4, 0.5) is 5.69 Å². The third-order valence-electron chi connectivity index (χ3n) is 5.32. The number of hydrogen-bond acceptors (Lipinski definition) is 11. The Hall–Kier alpha value is -2.99. The fraction of sp³-hybridized carbons (Fsp3) is 0.438. The van der Waals surface area contributed by atoms with Gasteiger partial charge in [0.1, 0.15) is 15.5 Å². The third kappa shape index (κ3) is 4.44. The molecule has 2 fully saturated rings. The van der Waals surface area contributed by atoms with Crippen molar-refractivity contribution in [1.29, 1.82) is 0 Å². The zero-order valence-electron chi connectivity index (χ0n) is 17.1. The van der Waals surface area contributed by atoms with Crippen LogP contribution < -0.4 is 20.1 Å². The van der Waals surface area contributed by atoms with Gasteiger partial charge in [0.15, 0.2) is 0 Å². The highest BCUT2D eigenvalue weighted by Crippen LogP contribution is 2.39. The molecule has 1 amide bonds. The number of sulfonamides is 2. The van der Waals surface area contributed by atoms with Crippen LogP contribution in [0.3, 0.4) is 0 Å².